The summed E-state index contributed by atoms with van der Waals surface area (Å²) in [4.78, 5) is 18.0. The molecule has 0 N–H and O–H groups in total. The largest absolute Gasteiger partial charge is 0.492 e. The van der Waals surface area contributed by atoms with Crippen molar-refractivity contribution in [1.29, 1.82) is 0 Å². The Labute approximate surface area is 254 Å². The summed E-state index contributed by atoms with van der Waals surface area (Å²) in [6.45, 7) is 18.7. The van der Waals surface area contributed by atoms with Crippen LogP contribution < -0.4 is 10.2 Å². The summed E-state index contributed by atoms with van der Waals surface area (Å²) in [5, 5.41) is 0.113. The zero-order valence-electron chi connectivity index (χ0n) is 27.1. The van der Waals surface area contributed by atoms with E-state index in [2.05, 4.69) is 59.6 Å². The van der Waals surface area contributed by atoms with E-state index in [4.69, 9.17) is 13.9 Å². The molecule has 0 spiro atoms. The SMILES string of the molecule is Cn1c(C(C)(C)C)cc(=NC(=O)c2cc(C(F)(F)F)ccc2OC[C@H]2C[C@@H](O[Si](C)(C)C(C)(C)C)C2)n1C[C@H]1CCCO1. The first-order valence-corrected chi connectivity index (χ1v) is 18.2. The lowest BCUT2D eigenvalue weighted by Crippen LogP contribution is -2.48. The van der Waals surface area contributed by atoms with Crippen molar-refractivity contribution in [3.05, 3.63) is 46.6 Å². The van der Waals surface area contributed by atoms with E-state index < -0.39 is 26.0 Å². The molecule has 2 heterocycles. The van der Waals surface area contributed by atoms with Crippen molar-refractivity contribution >= 4 is 14.2 Å². The zero-order chi connectivity index (χ0) is 32.0. The van der Waals surface area contributed by atoms with Crippen molar-refractivity contribution in [2.45, 2.75) is 116 Å². The molecule has 4 rings (SSSR count). The van der Waals surface area contributed by atoms with Gasteiger partial charge < -0.3 is 13.9 Å². The highest BCUT2D eigenvalue weighted by atomic mass is 28.4. The van der Waals surface area contributed by atoms with Gasteiger partial charge >= 0.3 is 6.18 Å². The maximum absolute atomic E-state index is 13.7. The smallest absolute Gasteiger partial charge is 0.416 e. The number of benzene rings is 1. The summed E-state index contributed by atoms with van der Waals surface area (Å²) in [5.41, 5.74) is -0.0463. The number of carbonyl (C=O) groups is 1. The van der Waals surface area contributed by atoms with Crippen molar-refractivity contribution in [3.63, 3.8) is 0 Å². The normalized spacial score (nSPS) is 22.1. The van der Waals surface area contributed by atoms with Gasteiger partial charge in [0.15, 0.2) is 13.8 Å². The molecule has 1 amide bonds. The second-order valence-corrected chi connectivity index (χ2v) is 19.4. The van der Waals surface area contributed by atoms with Gasteiger partial charge in [0.2, 0.25) is 0 Å². The van der Waals surface area contributed by atoms with E-state index in [0.717, 1.165) is 43.5 Å². The Balaban J connectivity index is 1.59. The summed E-state index contributed by atoms with van der Waals surface area (Å²) >= 11 is 0. The lowest BCUT2D eigenvalue weighted by Gasteiger charge is -2.44. The summed E-state index contributed by atoms with van der Waals surface area (Å²) in [6, 6.07) is 4.87. The van der Waals surface area contributed by atoms with Crippen molar-refractivity contribution in [2.24, 2.45) is 18.0 Å². The number of amides is 1. The molecular formula is C32H48F3N3O4Si. The number of rotatable bonds is 8. The molecule has 1 saturated carbocycles. The highest BCUT2D eigenvalue weighted by Gasteiger charge is 2.42. The number of hydrogen-bond donors (Lipinski definition) is 0. The fourth-order valence-corrected chi connectivity index (χ4v) is 6.81. The van der Waals surface area contributed by atoms with Crippen molar-refractivity contribution in [3.8, 4) is 5.75 Å². The predicted molar refractivity (Wildman–Crippen MR) is 163 cm³/mol. The average Bonchev–Trinajstić information content (AvgIpc) is 3.47. The summed E-state index contributed by atoms with van der Waals surface area (Å²) < 4.78 is 63.2. The molecule has 2 aliphatic rings. The van der Waals surface area contributed by atoms with E-state index in [9.17, 15) is 18.0 Å². The molecule has 1 aliphatic carbocycles. The fourth-order valence-electron chi connectivity index (χ4n) is 5.43. The minimum absolute atomic E-state index is 0.0187. The van der Waals surface area contributed by atoms with Gasteiger partial charge in [0.1, 0.15) is 5.75 Å². The van der Waals surface area contributed by atoms with Crippen molar-refractivity contribution in [2.75, 3.05) is 13.2 Å². The van der Waals surface area contributed by atoms with E-state index in [1.807, 2.05) is 22.5 Å². The number of ether oxygens (including phenoxy) is 2. The fraction of sp³-hybridized carbons (Fsp3) is 0.688. The molecule has 0 unspecified atom stereocenters. The number of halogens is 3. The molecule has 1 aliphatic heterocycles. The van der Waals surface area contributed by atoms with Crippen LogP contribution >= 0.6 is 0 Å². The molecule has 1 aromatic carbocycles. The Morgan fingerprint density at radius 2 is 1.77 bits per heavy atom. The highest BCUT2D eigenvalue weighted by molar-refractivity contribution is 6.74. The Morgan fingerprint density at radius 1 is 1.09 bits per heavy atom. The van der Waals surface area contributed by atoms with Crippen LogP contribution in [0.25, 0.3) is 0 Å². The molecule has 7 nitrogen and oxygen atoms in total. The first-order chi connectivity index (χ1) is 19.8. The van der Waals surface area contributed by atoms with Crippen LogP contribution in [0, 0.1) is 5.92 Å². The lowest BCUT2D eigenvalue weighted by molar-refractivity contribution is -0.137. The second kappa shape index (κ2) is 12.2. The van der Waals surface area contributed by atoms with Gasteiger partial charge in [0.05, 0.1) is 30.4 Å². The van der Waals surface area contributed by atoms with Gasteiger partial charge in [-0.2, -0.15) is 18.2 Å². The molecule has 1 atom stereocenters. The number of hydrogen-bond acceptors (Lipinski definition) is 4. The minimum Gasteiger partial charge on any atom is -0.492 e. The van der Waals surface area contributed by atoms with E-state index in [-0.39, 0.29) is 39.9 Å². The Bertz CT molecular complexity index is 1370. The van der Waals surface area contributed by atoms with Crippen LogP contribution in [0.1, 0.15) is 88.8 Å². The number of aromatic nitrogens is 2. The second-order valence-electron chi connectivity index (χ2n) is 14.7. The molecular weight excluding hydrogens is 575 g/mol. The third-order valence-corrected chi connectivity index (χ3v) is 13.6. The Hall–Kier alpha value is -2.37. The van der Waals surface area contributed by atoms with Crippen LogP contribution in [-0.2, 0) is 34.3 Å². The monoisotopic (exact) mass is 623 g/mol. The number of nitrogens with zero attached hydrogens (tertiary/aromatic N) is 3. The first kappa shape index (κ1) is 33.5. The van der Waals surface area contributed by atoms with Crippen LogP contribution in [0.15, 0.2) is 29.3 Å². The minimum atomic E-state index is -4.61. The van der Waals surface area contributed by atoms with E-state index in [1.54, 1.807) is 0 Å². The summed E-state index contributed by atoms with van der Waals surface area (Å²) in [6.07, 6.45) is -0.968. The standard InChI is InChI=1S/C32H48F3N3O4Si/c1-30(2,3)27-18-28(38(37(27)7)19-23-11-10-14-40-23)36-29(39)25-17-22(32(33,34)35)12-13-26(25)41-20-21-15-24(16-21)42-43(8,9)31(4,5)6/h12-13,17-18,21,23-24H,10-11,14-16,19-20H2,1-9H3/t21-,23-,24+/m1/s1. The molecule has 240 valence electrons. The predicted octanol–water partition coefficient (Wildman–Crippen LogP) is 7.24. The van der Waals surface area contributed by atoms with Gasteiger partial charge in [-0.05, 0) is 67.9 Å². The van der Waals surface area contributed by atoms with Crippen LogP contribution in [0.3, 0.4) is 0 Å². The average molecular weight is 624 g/mol. The van der Waals surface area contributed by atoms with E-state index >= 15 is 0 Å². The van der Waals surface area contributed by atoms with Gasteiger partial charge in [-0.15, -0.1) is 0 Å². The maximum Gasteiger partial charge on any atom is 0.416 e. The topological polar surface area (TPSA) is 67.0 Å². The van der Waals surface area contributed by atoms with Crippen LogP contribution in [0.2, 0.25) is 18.1 Å². The Kier molecular flexibility index (Phi) is 9.51. The molecule has 1 aromatic heterocycles. The third kappa shape index (κ3) is 7.83. The lowest BCUT2D eigenvalue weighted by atomic mass is 9.83. The van der Waals surface area contributed by atoms with Crippen LogP contribution in [0.4, 0.5) is 13.2 Å². The van der Waals surface area contributed by atoms with Gasteiger partial charge in [-0.3, -0.25) is 14.2 Å². The molecule has 0 radical (unpaired) electrons. The molecule has 11 heteroatoms. The number of alkyl halides is 3. The zero-order valence-corrected chi connectivity index (χ0v) is 28.1. The van der Waals surface area contributed by atoms with E-state index in [0.29, 0.717) is 25.2 Å². The van der Waals surface area contributed by atoms with Crippen LogP contribution in [0.5, 0.6) is 5.75 Å². The van der Waals surface area contributed by atoms with Crippen molar-refractivity contribution < 1.29 is 31.9 Å². The van der Waals surface area contributed by atoms with E-state index in [1.165, 1.54) is 6.07 Å². The van der Waals surface area contributed by atoms with Gasteiger partial charge in [0, 0.05) is 36.9 Å². The Morgan fingerprint density at radius 3 is 2.33 bits per heavy atom. The first-order valence-electron chi connectivity index (χ1n) is 15.3. The van der Waals surface area contributed by atoms with Crippen molar-refractivity contribution in [1.82, 2.24) is 9.36 Å². The molecule has 2 fully saturated rings. The summed E-state index contributed by atoms with van der Waals surface area (Å²) in [5.74, 6) is -0.469. The summed E-state index contributed by atoms with van der Waals surface area (Å²) in [7, 11) is 0.0148. The quantitative estimate of drug-likeness (QED) is 0.291. The molecule has 1 saturated heterocycles. The highest BCUT2D eigenvalue weighted by Crippen LogP contribution is 2.42. The van der Waals surface area contributed by atoms with Crippen LogP contribution in [-0.4, -0.2) is 49.0 Å². The number of carbonyl (C=O) groups excluding carboxylic acids is 1. The van der Waals surface area contributed by atoms with Gasteiger partial charge in [-0.25, -0.2) is 0 Å². The molecule has 2 aromatic rings. The van der Waals surface area contributed by atoms with Gasteiger partial charge in [0.25, 0.3) is 5.91 Å². The molecule has 43 heavy (non-hydrogen) atoms. The van der Waals surface area contributed by atoms with Gasteiger partial charge in [-0.1, -0.05) is 41.5 Å². The maximum atomic E-state index is 13.7. The third-order valence-electron chi connectivity index (χ3n) is 9.10. The molecule has 0 bridgehead atoms.